The van der Waals surface area contributed by atoms with Crippen LogP contribution in [-0.2, 0) is 13.2 Å². The van der Waals surface area contributed by atoms with E-state index in [0.29, 0.717) is 33.2 Å². The van der Waals surface area contributed by atoms with Crippen LogP contribution in [0.4, 0.5) is 0 Å². The number of aromatic nitrogens is 4. The number of nitriles is 1. The molecule has 0 aliphatic carbocycles. The van der Waals surface area contributed by atoms with Gasteiger partial charge >= 0.3 is 0 Å². The lowest BCUT2D eigenvalue weighted by molar-refractivity contribution is 0.307. The molecule has 9 heteroatoms. The van der Waals surface area contributed by atoms with Crippen LogP contribution in [0.3, 0.4) is 0 Å². The topological polar surface area (TPSA) is 107 Å². The predicted octanol–water partition coefficient (Wildman–Crippen LogP) is 5.52. The van der Waals surface area contributed by atoms with Crippen LogP contribution in [0.5, 0.6) is 5.75 Å². The third kappa shape index (κ3) is 4.69. The van der Waals surface area contributed by atoms with Gasteiger partial charge in [0.15, 0.2) is 0 Å². The number of para-hydroxylation sites is 1. The fourth-order valence-electron chi connectivity index (χ4n) is 4.30. The first-order valence-electron chi connectivity index (χ1n) is 11.5. The largest absolute Gasteiger partial charge is 0.486 e. The van der Waals surface area contributed by atoms with E-state index < -0.39 is 0 Å². The van der Waals surface area contributed by atoms with Crippen LogP contribution in [0.25, 0.3) is 22.0 Å². The number of nitrogens with zero attached hydrogens (tertiary/aromatic N) is 5. The minimum atomic E-state index is -0.387. The molecule has 0 spiro atoms. The number of halogens is 1. The lowest BCUT2D eigenvalue weighted by Gasteiger charge is -2.16. The third-order valence-electron chi connectivity index (χ3n) is 6.09. The molecule has 0 atom stereocenters. The molecule has 0 unspecified atom stereocenters. The van der Waals surface area contributed by atoms with Gasteiger partial charge in [-0.25, -0.2) is 4.98 Å². The molecule has 0 saturated carbocycles. The molecule has 0 radical (unpaired) electrons. The summed E-state index contributed by atoms with van der Waals surface area (Å²) in [7, 11) is 0. The number of ether oxygens (including phenoxy) is 1. The molecular weight excluding hydrogens is 490 g/mol. The minimum absolute atomic E-state index is 0.0649. The Kier molecular flexibility index (Phi) is 6.47. The number of benzene rings is 1. The van der Waals surface area contributed by atoms with Crippen molar-refractivity contribution in [1.29, 1.82) is 5.26 Å². The fraction of sp³-hybridized carbons (Fsp3) is 0.179. The molecule has 8 nitrogen and oxygen atoms in total. The second kappa shape index (κ2) is 9.88. The van der Waals surface area contributed by atoms with E-state index in [1.807, 2.05) is 51.1 Å². The van der Waals surface area contributed by atoms with Gasteiger partial charge in [-0.3, -0.25) is 9.78 Å². The van der Waals surface area contributed by atoms with Gasteiger partial charge in [0.2, 0.25) is 0 Å². The van der Waals surface area contributed by atoms with E-state index in [2.05, 4.69) is 10.1 Å². The van der Waals surface area contributed by atoms with Crippen molar-refractivity contribution >= 4 is 22.5 Å². The van der Waals surface area contributed by atoms with Gasteiger partial charge in [0.1, 0.15) is 35.8 Å². The summed E-state index contributed by atoms with van der Waals surface area (Å²) in [6, 6.07) is 14.6. The van der Waals surface area contributed by atoms with Gasteiger partial charge in [-0.05, 0) is 56.7 Å². The molecule has 37 heavy (non-hydrogen) atoms. The van der Waals surface area contributed by atoms with E-state index in [0.717, 1.165) is 27.9 Å². The Balaban J connectivity index is 1.53. The summed E-state index contributed by atoms with van der Waals surface area (Å²) in [4.78, 5) is 22.0. The monoisotopic (exact) mass is 511 g/mol. The van der Waals surface area contributed by atoms with E-state index in [9.17, 15) is 10.1 Å². The summed E-state index contributed by atoms with van der Waals surface area (Å²) in [6.45, 7) is 5.92. The highest BCUT2D eigenvalue weighted by atomic mass is 35.5. The quantitative estimate of drug-likeness (QED) is 0.295. The van der Waals surface area contributed by atoms with Crippen LogP contribution >= 0.6 is 11.6 Å². The standard InChI is InChI=1S/C28H22ClN5O3/c1-16-10-21(22-15-37-33-18(22)3)20-7-4-8-26(27(20)32-16)36-14-23-24(29)11-17(2)31-25(23)13-34-9-5-6-19(12-30)28(34)35/h4-11,15H,13-14H2,1-3H3. The zero-order chi connectivity index (χ0) is 26.1. The van der Waals surface area contributed by atoms with Gasteiger partial charge in [-0.1, -0.05) is 28.9 Å². The predicted molar refractivity (Wildman–Crippen MR) is 140 cm³/mol. The first-order chi connectivity index (χ1) is 17.9. The van der Waals surface area contributed by atoms with Crippen molar-refractivity contribution in [2.45, 2.75) is 33.9 Å². The van der Waals surface area contributed by atoms with Crippen molar-refractivity contribution in [3.63, 3.8) is 0 Å². The Hall–Kier alpha value is -4.48. The Bertz CT molecular complexity index is 1750. The molecule has 0 aliphatic heterocycles. The summed E-state index contributed by atoms with van der Waals surface area (Å²) < 4.78 is 12.9. The maximum Gasteiger partial charge on any atom is 0.268 e. The van der Waals surface area contributed by atoms with Gasteiger partial charge in [0, 0.05) is 34.1 Å². The number of aryl methyl sites for hydroxylation is 3. The van der Waals surface area contributed by atoms with E-state index in [1.165, 1.54) is 10.6 Å². The van der Waals surface area contributed by atoms with Gasteiger partial charge < -0.3 is 13.8 Å². The number of pyridine rings is 3. The average molecular weight is 512 g/mol. The summed E-state index contributed by atoms with van der Waals surface area (Å²) in [5.41, 5.74) is 5.80. The molecule has 4 aromatic heterocycles. The van der Waals surface area contributed by atoms with Crippen LogP contribution in [0.15, 0.2) is 64.2 Å². The summed E-state index contributed by atoms with van der Waals surface area (Å²) in [5, 5.41) is 14.6. The third-order valence-corrected chi connectivity index (χ3v) is 6.42. The SMILES string of the molecule is Cc1cc(Cl)c(COc2cccc3c(-c4conc4C)cc(C)nc23)c(Cn2cccc(C#N)c2=O)n1. The number of rotatable bonds is 6. The molecule has 5 rings (SSSR count). The molecule has 1 aromatic carbocycles. The zero-order valence-corrected chi connectivity index (χ0v) is 21.2. The van der Waals surface area contributed by atoms with Crippen LogP contribution in [0.1, 0.15) is 33.9 Å². The molecule has 0 N–H and O–H groups in total. The highest BCUT2D eigenvalue weighted by Gasteiger charge is 2.17. The smallest absolute Gasteiger partial charge is 0.268 e. The molecule has 4 heterocycles. The number of hydrogen-bond acceptors (Lipinski definition) is 7. The van der Waals surface area contributed by atoms with E-state index in [4.69, 9.17) is 25.8 Å². The number of hydrogen-bond donors (Lipinski definition) is 0. The van der Waals surface area contributed by atoms with Gasteiger partial charge in [-0.15, -0.1) is 0 Å². The van der Waals surface area contributed by atoms with Crippen molar-refractivity contribution in [1.82, 2.24) is 19.7 Å². The Morgan fingerprint density at radius 3 is 2.65 bits per heavy atom. The van der Waals surface area contributed by atoms with E-state index in [1.54, 1.807) is 24.6 Å². The summed E-state index contributed by atoms with van der Waals surface area (Å²) in [5.74, 6) is 0.586. The van der Waals surface area contributed by atoms with E-state index >= 15 is 0 Å². The van der Waals surface area contributed by atoms with Crippen LogP contribution < -0.4 is 10.3 Å². The Labute approximate surface area is 217 Å². The maximum atomic E-state index is 12.6. The van der Waals surface area contributed by atoms with Crippen molar-refractivity contribution < 1.29 is 9.26 Å². The lowest BCUT2D eigenvalue weighted by atomic mass is 10.0. The maximum absolute atomic E-state index is 12.6. The molecule has 5 aromatic rings. The van der Waals surface area contributed by atoms with Crippen LogP contribution in [0.2, 0.25) is 5.02 Å². The molecule has 0 bridgehead atoms. The highest BCUT2D eigenvalue weighted by Crippen LogP contribution is 2.35. The van der Waals surface area contributed by atoms with Gasteiger partial charge in [0.25, 0.3) is 5.56 Å². The lowest BCUT2D eigenvalue weighted by Crippen LogP contribution is -2.23. The number of fused-ring (bicyclic) bond motifs is 1. The highest BCUT2D eigenvalue weighted by molar-refractivity contribution is 6.31. The fourth-order valence-corrected chi connectivity index (χ4v) is 4.62. The zero-order valence-electron chi connectivity index (χ0n) is 20.4. The van der Waals surface area contributed by atoms with Crippen LogP contribution in [-0.4, -0.2) is 19.7 Å². The summed E-state index contributed by atoms with van der Waals surface area (Å²) in [6.07, 6.45) is 3.25. The molecule has 0 amide bonds. The first kappa shape index (κ1) is 24.2. The van der Waals surface area contributed by atoms with Crippen molar-refractivity contribution in [3.8, 4) is 22.9 Å². The van der Waals surface area contributed by atoms with Gasteiger partial charge in [0.05, 0.1) is 23.0 Å². The second-order valence-electron chi connectivity index (χ2n) is 8.70. The Morgan fingerprint density at radius 2 is 1.89 bits per heavy atom. The average Bonchev–Trinajstić information content (AvgIpc) is 3.30. The van der Waals surface area contributed by atoms with Crippen molar-refractivity contribution in [3.05, 3.63) is 104 Å². The Morgan fingerprint density at radius 1 is 1.08 bits per heavy atom. The normalized spacial score (nSPS) is 11.0. The molecule has 0 saturated heterocycles. The molecular formula is C28H22ClN5O3. The van der Waals surface area contributed by atoms with Crippen molar-refractivity contribution in [2.75, 3.05) is 0 Å². The summed E-state index contributed by atoms with van der Waals surface area (Å²) >= 11 is 6.63. The van der Waals surface area contributed by atoms with Crippen molar-refractivity contribution in [2.24, 2.45) is 0 Å². The van der Waals surface area contributed by atoms with Gasteiger partial charge in [-0.2, -0.15) is 5.26 Å². The first-order valence-corrected chi connectivity index (χ1v) is 11.9. The second-order valence-corrected chi connectivity index (χ2v) is 9.11. The molecule has 184 valence electrons. The molecule has 0 aliphatic rings. The minimum Gasteiger partial charge on any atom is -0.486 e. The van der Waals surface area contributed by atoms with Crippen LogP contribution in [0, 0.1) is 32.1 Å². The van der Waals surface area contributed by atoms with E-state index in [-0.39, 0.29) is 24.3 Å². The molecule has 0 fully saturated rings.